The molecule has 0 amide bonds. The van der Waals surface area contributed by atoms with Crippen LogP contribution >= 0.6 is 11.6 Å². The summed E-state index contributed by atoms with van der Waals surface area (Å²) in [5.74, 6) is -1.30. The molecule has 4 aromatic rings. The first-order valence-corrected chi connectivity index (χ1v) is 13.8. The van der Waals surface area contributed by atoms with Gasteiger partial charge in [0.05, 0.1) is 23.7 Å². The molecule has 0 unspecified atom stereocenters. The summed E-state index contributed by atoms with van der Waals surface area (Å²) in [5.41, 5.74) is 7.88. The molecule has 200 valence electrons. The molecular weight excluding hydrogens is 550 g/mol. The molecule has 3 N–H and O–H groups in total. The monoisotopic (exact) mass is 570 g/mol. The Morgan fingerprint density at radius 1 is 1.13 bits per heavy atom. The van der Waals surface area contributed by atoms with E-state index in [2.05, 4.69) is 9.82 Å². The van der Waals surface area contributed by atoms with Gasteiger partial charge in [0.1, 0.15) is 28.8 Å². The highest BCUT2D eigenvalue weighted by Crippen LogP contribution is 2.34. The van der Waals surface area contributed by atoms with E-state index in [-0.39, 0.29) is 34.9 Å². The Morgan fingerprint density at radius 3 is 2.59 bits per heavy atom. The van der Waals surface area contributed by atoms with Crippen molar-refractivity contribution in [2.75, 3.05) is 16.7 Å². The van der Waals surface area contributed by atoms with E-state index < -0.39 is 27.4 Å². The first-order valence-electron chi connectivity index (χ1n) is 11.5. The van der Waals surface area contributed by atoms with Crippen LogP contribution in [0.15, 0.2) is 60.3 Å². The van der Waals surface area contributed by atoms with E-state index >= 15 is 4.39 Å². The number of aryl methyl sites for hydroxylation is 1. The van der Waals surface area contributed by atoms with E-state index in [9.17, 15) is 17.6 Å². The molecule has 0 aliphatic heterocycles. The maximum Gasteiger partial charge on any atom is 0.229 e. The van der Waals surface area contributed by atoms with Crippen LogP contribution in [-0.4, -0.2) is 30.2 Å². The first-order chi connectivity index (χ1) is 18.4. The Balaban J connectivity index is 1.42. The summed E-state index contributed by atoms with van der Waals surface area (Å²) in [7, 11) is -3.70. The van der Waals surface area contributed by atoms with Crippen LogP contribution in [0, 0.1) is 18.6 Å². The van der Waals surface area contributed by atoms with Crippen LogP contribution < -0.4 is 15.2 Å². The number of nitrogen functional groups attached to an aromatic ring is 1. The lowest BCUT2D eigenvalue weighted by Crippen LogP contribution is -2.11. The van der Waals surface area contributed by atoms with Gasteiger partial charge in [-0.2, -0.15) is 5.10 Å². The fraction of sp³-hybridized carbons (Fsp3) is 0.111. The van der Waals surface area contributed by atoms with Gasteiger partial charge in [-0.25, -0.2) is 21.9 Å². The zero-order chi connectivity index (χ0) is 28.1. The van der Waals surface area contributed by atoms with Crippen LogP contribution in [0.1, 0.15) is 27.0 Å². The maximum atomic E-state index is 15.2. The quantitative estimate of drug-likeness (QED) is 0.276. The molecule has 39 heavy (non-hydrogen) atoms. The largest absolute Gasteiger partial charge is 0.457 e. The van der Waals surface area contributed by atoms with Gasteiger partial charge in [-0.05, 0) is 66.1 Å². The number of anilines is 2. The van der Waals surface area contributed by atoms with E-state index in [1.54, 1.807) is 37.3 Å². The summed E-state index contributed by atoms with van der Waals surface area (Å²) in [6.45, 7) is 1.65. The molecule has 5 rings (SSSR count). The molecule has 0 spiro atoms. The fourth-order valence-corrected chi connectivity index (χ4v) is 5.11. The minimum Gasteiger partial charge on any atom is -0.457 e. The lowest BCUT2D eigenvalue weighted by molar-refractivity contribution is 0.103. The van der Waals surface area contributed by atoms with Gasteiger partial charge in [0.2, 0.25) is 10.0 Å². The van der Waals surface area contributed by atoms with Crippen molar-refractivity contribution in [1.29, 1.82) is 0 Å². The Bertz CT molecular complexity index is 1780. The molecule has 0 fully saturated rings. The molecule has 1 aromatic heterocycles. The number of hydrogen-bond acceptors (Lipinski definition) is 6. The van der Waals surface area contributed by atoms with Crippen LogP contribution in [0.5, 0.6) is 11.5 Å². The number of ketones is 1. The standard InChI is InChI=1S/C27H21ClF2N4O4S/c1-14-6-20(38-19-5-3-4-18(28)11-19)12-23(30)25(14)34-27(31)21(13-32-34)26(35)17-7-15-9-22(29)24(10-16(15)8-17)33-39(2,36)37/h3-6,8-13,33H,7,31H2,1-2H3. The predicted octanol–water partition coefficient (Wildman–Crippen LogP) is 5.68. The lowest BCUT2D eigenvalue weighted by atomic mass is 10.0. The average molecular weight is 571 g/mol. The topological polar surface area (TPSA) is 116 Å². The summed E-state index contributed by atoms with van der Waals surface area (Å²) in [6, 6.07) is 12.0. The molecule has 0 atom stereocenters. The third kappa shape index (κ3) is 5.36. The second-order valence-corrected chi connectivity index (χ2v) is 11.3. The second kappa shape index (κ2) is 9.83. The zero-order valence-electron chi connectivity index (χ0n) is 20.6. The molecule has 3 aromatic carbocycles. The maximum absolute atomic E-state index is 15.2. The highest BCUT2D eigenvalue weighted by Gasteiger charge is 2.26. The van der Waals surface area contributed by atoms with Gasteiger partial charge in [-0.15, -0.1) is 0 Å². The van der Waals surface area contributed by atoms with Gasteiger partial charge in [-0.3, -0.25) is 9.52 Å². The number of hydrogen-bond donors (Lipinski definition) is 2. The highest BCUT2D eigenvalue weighted by molar-refractivity contribution is 7.92. The Labute approximate surface area is 227 Å². The smallest absolute Gasteiger partial charge is 0.229 e. The number of halogens is 3. The van der Waals surface area contributed by atoms with Crippen molar-refractivity contribution in [3.63, 3.8) is 0 Å². The molecule has 1 aliphatic rings. The van der Waals surface area contributed by atoms with Gasteiger partial charge in [-0.1, -0.05) is 17.7 Å². The number of rotatable bonds is 7. The predicted molar refractivity (Wildman–Crippen MR) is 145 cm³/mol. The molecule has 0 saturated heterocycles. The Kier molecular flexibility index (Phi) is 6.65. The number of sulfonamides is 1. The first kappa shape index (κ1) is 26.4. The summed E-state index contributed by atoms with van der Waals surface area (Å²) < 4.78 is 61.7. The van der Waals surface area contributed by atoms with Crippen LogP contribution in [0.2, 0.25) is 5.02 Å². The summed E-state index contributed by atoms with van der Waals surface area (Å²) in [6.07, 6.45) is 3.80. The van der Waals surface area contributed by atoms with Crippen molar-refractivity contribution < 1.29 is 26.7 Å². The van der Waals surface area contributed by atoms with Crippen molar-refractivity contribution in [1.82, 2.24) is 9.78 Å². The number of nitrogens with two attached hydrogens (primary N) is 1. The highest BCUT2D eigenvalue weighted by atomic mass is 35.5. The van der Waals surface area contributed by atoms with Gasteiger partial charge in [0, 0.05) is 23.1 Å². The number of fused-ring (bicyclic) bond motifs is 1. The second-order valence-electron chi connectivity index (χ2n) is 9.07. The summed E-state index contributed by atoms with van der Waals surface area (Å²) in [4.78, 5) is 13.3. The molecule has 0 bridgehead atoms. The number of nitrogens with one attached hydrogen (secondary N) is 1. The van der Waals surface area contributed by atoms with Gasteiger partial charge < -0.3 is 10.5 Å². The SMILES string of the molecule is Cc1cc(Oc2cccc(Cl)c2)cc(F)c1-n1ncc(C(=O)C2=Cc3cc(NS(C)(=O)=O)c(F)cc3C2)c1N. The van der Waals surface area contributed by atoms with Gasteiger partial charge >= 0.3 is 0 Å². The van der Waals surface area contributed by atoms with E-state index in [4.69, 9.17) is 22.1 Å². The van der Waals surface area contributed by atoms with Crippen molar-refractivity contribution >= 4 is 45.0 Å². The Morgan fingerprint density at radius 2 is 1.90 bits per heavy atom. The molecule has 1 heterocycles. The molecule has 12 heteroatoms. The van der Waals surface area contributed by atoms with Crippen molar-refractivity contribution in [3.05, 3.63) is 99.2 Å². The van der Waals surface area contributed by atoms with E-state index in [0.29, 0.717) is 33.0 Å². The molecule has 1 aliphatic carbocycles. The van der Waals surface area contributed by atoms with Gasteiger partial charge in [0.15, 0.2) is 11.6 Å². The van der Waals surface area contributed by atoms with Crippen LogP contribution in [0.4, 0.5) is 20.3 Å². The van der Waals surface area contributed by atoms with Crippen molar-refractivity contribution in [3.8, 4) is 17.2 Å². The molecule has 8 nitrogen and oxygen atoms in total. The third-order valence-electron chi connectivity index (χ3n) is 6.05. The van der Waals surface area contributed by atoms with Crippen molar-refractivity contribution in [2.45, 2.75) is 13.3 Å². The number of ether oxygens (including phenoxy) is 1. The number of carbonyl (C=O) groups excluding carboxylic acids is 1. The number of allylic oxidation sites excluding steroid dienone is 1. The number of carbonyl (C=O) groups is 1. The van der Waals surface area contributed by atoms with Crippen molar-refractivity contribution in [2.24, 2.45) is 0 Å². The van der Waals surface area contributed by atoms with Gasteiger partial charge in [0.25, 0.3) is 0 Å². The lowest BCUT2D eigenvalue weighted by Gasteiger charge is -2.13. The molecule has 0 saturated carbocycles. The minimum atomic E-state index is -3.70. The summed E-state index contributed by atoms with van der Waals surface area (Å²) in [5, 5.41) is 4.62. The normalized spacial score (nSPS) is 12.7. The zero-order valence-corrected chi connectivity index (χ0v) is 22.2. The molecular formula is C27H21ClF2N4O4S. The number of nitrogens with zero attached hydrogens (tertiary/aromatic N) is 2. The average Bonchev–Trinajstić information content (AvgIpc) is 3.41. The van der Waals surface area contributed by atoms with E-state index in [1.807, 2.05) is 0 Å². The number of aromatic nitrogens is 2. The summed E-state index contributed by atoms with van der Waals surface area (Å²) >= 11 is 5.98. The molecule has 0 radical (unpaired) electrons. The van der Waals surface area contributed by atoms with E-state index in [0.717, 1.165) is 10.9 Å². The number of benzene rings is 3. The fourth-order valence-electron chi connectivity index (χ4n) is 4.37. The third-order valence-corrected chi connectivity index (χ3v) is 6.87. The van der Waals surface area contributed by atoms with Crippen LogP contribution in [-0.2, 0) is 16.4 Å². The number of Topliss-reactive ketones (excluding diaryl/α,β-unsaturated/α-hetero) is 1. The van der Waals surface area contributed by atoms with Crippen LogP contribution in [0.3, 0.4) is 0 Å². The van der Waals surface area contributed by atoms with Crippen LogP contribution in [0.25, 0.3) is 11.8 Å². The van der Waals surface area contributed by atoms with E-state index in [1.165, 1.54) is 30.5 Å². The minimum absolute atomic E-state index is 0.0436. The Hall–Kier alpha value is -4.22.